The summed E-state index contributed by atoms with van der Waals surface area (Å²) < 4.78 is 41.8. The third kappa shape index (κ3) is 4.98. The van der Waals surface area contributed by atoms with E-state index >= 15 is 0 Å². The molecule has 176 valence electrons. The standard InChI is InChI=1S/C24H27F3N4O2/c25-17-1-3-19(21(27)13-17)23(29-32)16-7-11-31(12-8-16)22-14-18(26)2-4-20(22)24(30-33)15-5-9-28-10-6-15/h1-4,13-16,28,32-33H,5-12H2/b29-23-,30-24-. The van der Waals surface area contributed by atoms with Gasteiger partial charge in [0.1, 0.15) is 17.5 Å². The zero-order valence-corrected chi connectivity index (χ0v) is 18.1. The smallest absolute Gasteiger partial charge is 0.135 e. The first-order valence-corrected chi connectivity index (χ1v) is 11.2. The van der Waals surface area contributed by atoms with Gasteiger partial charge < -0.3 is 20.6 Å². The summed E-state index contributed by atoms with van der Waals surface area (Å²) in [6.45, 7) is 2.67. The van der Waals surface area contributed by atoms with Gasteiger partial charge in [0.05, 0.1) is 11.4 Å². The number of benzene rings is 2. The highest BCUT2D eigenvalue weighted by atomic mass is 19.1. The summed E-state index contributed by atoms with van der Waals surface area (Å²) in [4.78, 5) is 2.01. The highest BCUT2D eigenvalue weighted by Crippen LogP contribution is 2.32. The highest BCUT2D eigenvalue weighted by Gasteiger charge is 2.30. The van der Waals surface area contributed by atoms with Gasteiger partial charge in [0, 0.05) is 47.8 Å². The van der Waals surface area contributed by atoms with Crippen molar-refractivity contribution < 1.29 is 23.6 Å². The number of halogens is 3. The maximum Gasteiger partial charge on any atom is 0.135 e. The first-order chi connectivity index (χ1) is 16.0. The Kier molecular flexibility index (Phi) is 7.17. The Morgan fingerprint density at radius 1 is 0.788 bits per heavy atom. The lowest BCUT2D eigenvalue weighted by molar-refractivity contribution is 0.311. The van der Waals surface area contributed by atoms with Crippen LogP contribution in [-0.2, 0) is 0 Å². The minimum atomic E-state index is -0.775. The Morgan fingerprint density at radius 3 is 1.94 bits per heavy atom. The molecule has 3 N–H and O–H groups in total. The third-order valence-electron chi connectivity index (χ3n) is 6.61. The van der Waals surface area contributed by atoms with Crippen molar-refractivity contribution in [2.45, 2.75) is 25.7 Å². The van der Waals surface area contributed by atoms with Gasteiger partial charge in [-0.3, -0.25) is 0 Å². The van der Waals surface area contributed by atoms with Crippen molar-refractivity contribution in [2.75, 3.05) is 31.1 Å². The van der Waals surface area contributed by atoms with Crippen molar-refractivity contribution in [1.82, 2.24) is 5.32 Å². The number of hydrogen-bond acceptors (Lipinski definition) is 6. The lowest BCUT2D eigenvalue weighted by Gasteiger charge is -2.35. The van der Waals surface area contributed by atoms with Crippen LogP contribution >= 0.6 is 0 Å². The molecule has 2 saturated heterocycles. The fraction of sp³-hybridized carbons (Fsp3) is 0.417. The minimum absolute atomic E-state index is 0.0735. The maximum atomic E-state index is 14.3. The average molecular weight is 461 g/mol. The second-order valence-corrected chi connectivity index (χ2v) is 8.54. The molecule has 0 bridgehead atoms. The molecule has 0 saturated carbocycles. The van der Waals surface area contributed by atoms with Gasteiger partial charge >= 0.3 is 0 Å². The van der Waals surface area contributed by atoms with E-state index in [-0.39, 0.29) is 28.9 Å². The number of nitrogens with one attached hydrogen (secondary N) is 1. The van der Waals surface area contributed by atoms with Crippen LogP contribution in [0.3, 0.4) is 0 Å². The van der Waals surface area contributed by atoms with Crippen LogP contribution in [0.15, 0.2) is 46.7 Å². The topological polar surface area (TPSA) is 80.5 Å². The van der Waals surface area contributed by atoms with E-state index in [0.29, 0.717) is 42.9 Å². The quantitative estimate of drug-likeness (QED) is 0.352. The van der Waals surface area contributed by atoms with E-state index in [1.807, 2.05) is 4.90 Å². The fourth-order valence-corrected chi connectivity index (χ4v) is 4.88. The Balaban J connectivity index is 1.54. The predicted octanol–water partition coefficient (Wildman–Crippen LogP) is 4.38. The molecule has 6 nitrogen and oxygen atoms in total. The van der Waals surface area contributed by atoms with Crippen LogP contribution in [0.5, 0.6) is 0 Å². The van der Waals surface area contributed by atoms with Crippen molar-refractivity contribution in [3.63, 3.8) is 0 Å². The number of nitrogens with zero attached hydrogens (tertiary/aromatic N) is 3. The minimum Gasteiger partial charge on any atom is -0.411 e. The zero-order valence-electron chi connectivity index (χ0n) is 18.1. The summed E-state index contributed by atoms with van der Waals surface area (Å²) in [6.07, 6.45) is 2.73. The van der Waals surface area contributed by atoms with E-state index in [1.54, 1.807) is 6.07 Å². The SMILES string of the molecule is O/N=C(\c1ccc(F)cc1F)C1CCN(c2cc(F)ccc2/C(=N\O)C2CCNCC2)CC1. The van der Waals surface area contributed by atoms with Crippen LogP contribution < -0.4 is 10.2 Å². The lowest BCUT2D eigenvalue weighted by atomic mass is 9.86. The number of rotatable bonds is 5. The normalized spacial score (nSPS) is 19.2. The first-order valence-electron chi connectivity index (χ1n) is 11.2. The molecular formula is C24H27F3N4O2. The first kappa shape index (κ1) is 23.1. The van der Waals surface area contributed by atoms with E-state index in [1.165, 1.54) is 18.2 Å². The molecule has 2 aromatic rings. The van der Waals surface area contributed by atoms with Gasteiger partial charge in [-0.05, 0) is 69.1 Å². The van der Waals surface area contributed by atoms with Gasteiger partial charge in [0.25, 0.3) is 0 Å². The van der Waals surface area contributed by atoms with E-state index in [0.717, 1.165) is 38.1 Å². The van der Waals surface area contributed by atoms with Crippen molar-refractivity contribution >= 4 is 17.1 Å². The van der Waals surface area contributed by atoms with Gasteiger partial charge in [-0.15, -0.1) is 0 Å². The van der Waals surface area contributed by atoms with Gasteiger partial charge in [0.15, 0.2) is 0 Å². The monoisotopic (exact) mass is 460 g/mol. The van der Waals surface area contributed by atoms with E-state index in [2.05, 4.69) is 15.6 Å². The molecular weight excluding hydrogens is 433 g/mol. The fourth-order valence-electron chi connectivity index (χ4n) is 4.88. The summed E-state index contributed by atoms with van der Waals surface area (Å²) in [5, 5.41) is 29.6. The summed E-state index contributed by atoms with van der Waals surface area (Å²) in [7, 11) is 0. The second-order valence-electron chi connectivity index (χ2n) is 8.54. The molecule has 0 atom stereocenters. The maximum absolute atomic E-state index is 14.3. The molecule has 0 unspecified atom stereocenters. The van der Waals surface area contributed by atoms with Crippen LogP contribution in [0.2, 0.25) is 0 Å². The average Bonchev–Trinajstić information content (AvgIpc) is 2.83. The molecule has 2 heterocycles. The van der Waals surface area contributed by atoms with Crippen LogP contribution in [-0.4, -0.2) is 48.0 Å². The Labute approximate surface area is 190 Å². The zero-order chi connectivity index (χ0) is 23.4. The summed E-state index contributed by atoms with van der Waals surface area (Å²) in [5.74, 6) is -2.02. The van der Waals surface area contributed by atoms with Crippen LogP contribution in [0.1, 0.15) is 36.8 Å². The Morgan fingerprint density at radius 2 is 1.33 bits per heavy atom. The van der Waals surface area contributed by atoms with E-state index < -0.39 is 11.6 Å². The molecule has 0 aliphatic carbocycles. The van der Waals surface area contributed by atoms with Crippen molar-refractivity contribution in [2.24, 2.45) is 22.1 Å². The Hall–Kier alpha value is -3.07. The largest absolute Gasteiger partial charge is 0.411 e. The van der Waals surface area contributed by atoms with E-state index in [9.17, 15) is 23.6 Å². The van der Waals surface area contributed by atoms with E-state index in [4.69, 9.17) is 0 Å². The molecule has 9 heteroatoms. The molecule has 2 aromatic carbocycles. The molecule has 0 amide bonds. The van der Waals surface area contributed by atoms with Gasteiger partial charge in [-0.25, -0.2) is 13.2 Å². The predicted molar refractivity (Wildman–Crippen MR) is 120 cm³/mol. The number of hydrogen-bond donors (Lipinski definition) is 3. The number of anilines is 1. The molecule has 2 aliphatic heterocycles. The van der Waals surface area contributed by atoms with Crippen molar-refractivity contribution in [3.05, 3.63) is 65.0 Å². The molecule has 2 fully saturated rings. The van der Waals surface area contributed by atoms with Crippen LogP contribution in [0, 0.1) is 29.3 Å². The van der Waals surface area contributed by atoms with Crippen LogP contribution in [0.25, 0.3) is 0 Å². The Bertz CT molecular complexity index is 1050. The van der Waals surface area contributed by atoms with Crippen LogP contribution in [0.4, 0.5) is 18.9 Å². The lowest BCUT2D eigenvalue weighted by Crippen LogP contribution is -2.38. The van der Waals surface area contributed by atoms with Gasteiger partial charge in [-0.1, -0.05) is 10.3 Å². The molecule has 0 aromatic heterocycles. The molecule has 0 radical (unpaired) electrons. The molecule has 2 aliphatic rings. The number of oxime groups is 2. The summed E-state index contributed by atoms with van der Waals surface area (Å²) in [6, 6.07) is 7.65. The molecule has 0 spiro atoms. The number of piperidine rings is 2. The van der Waals surface area contributed by atoms with Crippen molar-refractivity contribution in [1.29, 1.82) is 0 Å². The molecule has 33 heavy (non-hydrogen) atoms. The van der Waals surface area contributed by atoms with Crippen molar-refractivity contribution in [3.8, 4) is 0 Å². The summed E-state index contributed by atoms with van der Waals surface area (Å²) >= 11 is 0. The van der Waals surface area contributed by atoms with Gasteiger partial charge in [-0.2, -0.15) is 0 Å². The van der Waals surface area contributed by atoms with Gasteiger partial charge in [0.2, 0.25) is 0 Å². The summed E-state index contributed by atoms with van der Waals surface area (Å²) in [5.41, 5.74) is 2.16. The highest BCUT2D eigenvalue weighted by molar-refractivity contribution is 6.06. The second kappa shape index (κ2) is 10.2. The molecule has 4 rings (SSSR count). The third-order valence-corrected chi connectivity index (χ3v) is 6.61.